The van der Waals surface area contributed by atoms with E-state index in [4.69, 9.17) is 4.74 Å². The molecule has 4 rings (SSSR count). The minimum absolute atomic E-state index is 0.130. The first-order valence-electron chi connectivity index (χ1n) is 11.3. The Balaban J connectivity index is 1.74. The maximum Gasteiger partial charge on any atom is 0.424 e. The number of aromatic nitrogens is 3. The zero-order valence-corrected chi connectivity index (χ0v) is 21.1. The van der Waals surface area contributed by atoms with Gasteiger partial charge in [-0.25, -0.2) is 4.79 Å². The monoisotopic (exact) mass is 519 g/mol. The molecular weight excluding hydrogens is 494 g/mol. The van der Waals surface area contributed by atoms with Crippen LogP contribution in [0, 0.1) is 6.92 Å². The number of carbonyl (C=O) groups is 2. The standard InChI is InChI=1S/C26H25N5O5S/c1-19-13-15-23(16-14-19)31-28-24(27-20(2)32)25(29-31)37(34,35)30(17-21-9-5-3-6-10-21)26(33)36-18-22-11-7-4-8-12-22/h3-16H,17-18H2,1-2H3,(H,27,28,32). The highest BCUT2D eigenvalue weighted by Gasteiger charge is 2.37. The van der Waals surface area contributed by atoms with Gasteiger partial charge in [-0.05, 0) is 30.2 Å². The van der Waals surface area contributed by atoms with Gasteiger partial charge in [0.05, 0.1) is 12.2 Å². The number of benzene rings is 3. The Morgan fingerprint density at radius 3 is 2.08 bits per heavy atom. The highest BCUT2D eigenvalue weighted by molar-refractivity contribution is 7.89. The fraction of sp³-hybridized carbons (Fsp3) is 0.154. The van der Waals surface area contributed by atoms with Gasteiger partial charge < -0.3 is 10.1 Å². The van der Waals surface area contributed by atoms with Crippen LogP contribution in [0.25, 0.3) is 5.69 Å². The molecule has 0 aliphatic carbocycles. The molecule has 2 amide bonds. The molecule has 37 heavy (non-hydrogen) atoms. The minimum Gasteiger partial charge on any atom is -0.444 e. The molecule has 1 N–H and O–H groups in total. The topological polar surface area (TPSA) is 123 Å². The van der Waals surface area contributed by atoms with Gasteiger partial charge in [0.25, 0.3) is 10.0 Å². The summed E-state index contributed by atoms with van der Waals surface area (Å²) >= 11 is 0. The van der Waals surface area contributed by atoms with Crippen LogP contribution in [0.4, 0.5) is 10.6 Å². The van der Waals surface area contributed by atoms with Crippen molar-refractivity contribution in [2.24, 2.45) is 0 Å². The molecule has 0 bridgehead atoms. The summed E-state index contributed by atoms with van der Waals surface area (Å²) in [4.78, 5) is 26.1. The van der Waals surface area contributed by atoms with Crippen LogP contribution < -0.4 is 5.32 Å². The lowest BCUT2D eigenvalue weighted by Gasteiger charge is -2.21. The lowest BCUT2D eigenvalue weighted by Crippen LogP contribution is -2.37. The number of hydrogen-bond donors (Lipinski definition) is 1. The second kappa shape index (κ2) is 11.0. The lowest BCUT2D eigenvalue weighted by molar-refractivity contribution is -0.114. The van der Waals surface area contributed by atoms with Crippen molar-refractivity contribution < 1.29 is 22.7 Å². The van der Waals surface area contributed by atoms with E-state index >= 15 is 0 Å². The largest absolute Gasteiger partial charge is 0.444 e. The Morgan fingerprint density at radius 2 is 1.49 bits per heavy atom. The molecule has 0 aliphatic rings. The van der Waals surface area contributed by atoms with E-state index in [0.29, 0.717) is 21.1 Å². The summed E-state index contributed by atoms with van der Waals surface area (Å²) in [6.07, 6.45) is -1.09. The van der Waals surface area contributed by atoms with Crippen molar-refractivity contribution in [3.05, 3.63) is 102 Å². The van der Waals surface area contributed by atoms with E-state index in [-0.39, 0.29) is 19.0 Å². The number of nitrogens with zero attached hydrogens (tertiary/aromatic N) is 4. The molecule has 11 heteroatoms. The summed E-state index contributed by atoms with van der Waals surface area (Å²) in [6.45, 7) is 2.68. The van der Waals surface area contributed by atoms with Crippen molar-refractivity contribution in [1.82, 2.24) is 19.3 Å². The van der Waals surface area contributed by atoms with Crippen LogP contribution in [0.1, 0.15) is 23.6 Å². The molecular formula is C26H25N5O5S. The van der Waals surface area contributed by atoms with Crippen molar-refractivity contribution in [2.45, 2.75) is 32.0 Å². The molecule has 10 nitrogen and oxygen atoms in total. The van der Waals surface area contributed by atoms with Gasteiger partial charge >= 0.3 is 6.09 Å². The molecule has 4 aromatic rings. The van der Waals surface area contributed by atoms with Crippen LogP contribution in [-0.2, 0) is 32.7 Å². The minimum atomic E-state index is -4.62. The highest BCUT2D eigenvalue weighted by atomic mass is 32.2. The Bertz CT molecular complexity index is 1490. The molecule has 0 saturated heterocycles. The van der Waals surface area contributed by atoms with Crippen molar-refractivity contribution in [1.29, 1.82) is 0 Å². The third kappa shape index (κ3) is 6.19. The number of anilines is 1. The first kappa shape index (κ1) is 25.6. The quantitative estimate of drug-likeness (QED) is 0.372. The molecule has 1 aromatic heterocycles. The number of sulfonamides is 1. The van der Waals surface area contributed by atoms with Gasteiger partial charge in [-0.2, -0.15) is 12.7 Å². The number of carbonyl (C=O) groups excluding carboxylic acids is 2. The van der Waals surface area contributed by atoms with E-state index in [9.17, 15) is 18.0 Å². The average molecular weight is 520 g/mol. The molecule has 0 atom stereocenters. The van der Waals surface area contributed by atoms with Crippen molar-refractivity contribution in [2.75, 3.05) is 5.32 Å². The molecule has 0 aliphatic heterocycles. The predicted octanol–water partition coefficient (Wildman–Crippen LogP) is 4.06. The summed E-state index contributed by atoms with van der Waals surface area (Å²) in [7, 11) is -4.62. The third-order valence-electron chi connectivity index (χ3n) is 5.25. The zero-order valence-electron chi connectivity index (χ0n) is 20.2. The average Bonchev–Trinajstić information content (AvgIpc) is 3.31. The Morgan fingerprint density at radius 1 is 0.892 bits per heavy atom. The Hall–Kier alpha value is -4.51. The summed E-state index contributed by atoms with van der Waals surface area (Å²) < 4.78 is 33.6. The van der Waals surface area contributed by atoms with Gasteiger partial charge in [0.2, 0.25) is 10.9 Å². The summed E-state index contributed by atoms with van der Waals surface area (Å²) in [5.74, 6) is -0.851. The van der Waals surface area contributed by atoms with Crippen molar-refractivity contribution >= 4 is 27.8 Å². The summed E-state index contributed by atoms with van der Waals surface area (Å²) in [6, 6.07) is 24.5. The van der Waals surface area contributed by atoms with E-state index in [0.717, 1.165) is 10.4 Å². The second-order valence-corrected chi connectivity index (χ2v) is 9.98. The molecule has 0 spiro atoms. The van der Waals surface area contributed by atoms with E-state index in [1.54, 1.807) is 66.7 Å². The first-order chi connectivity index (χ1) is 17.7. The number of nitrogens with one attached hydrogen (secondary N) is 1. The van der Waals surface area contributed by atoms with Gasteiger partial charge in [-0.3, -0.25) is 4.79 Å². The number of amides is 2. The number of ether oxygens (including phenoxy) is 1. The van der Waals surface area contributed by atoms with E-state index < -0.39 is 27.0 Å². The summed E-state index contributed by atoms with van der Waals surface area (Å²) in [5, 5.41) is 10.1. The normalized spacial score (nSPS) is 11.1. The van der Waals surface area contributed by atoms with Crippen LogP contribution in [-0.4, -0.2) is 39.7 Å². The SMILES string of the molecule is CC(=O)Nc1nn(-c2ccc(C)cc2)nc1S(=O)(=O)N(Cc1ccccc1)C(=O)OCc1ccccc1. The van der Waals surface area contributed by atoms with Crippen molar-refractivity contribution in [3.8, 4) is 5.69 Å². The molecule has 0 unspecified atom stereocenters. The fourth-order valence-electron chi connectivity index (χ4n) is 3.40. The van der Waals surface area contributed by atoms with Crippen molar-refractivity contribution in [3.63, 3.8) is 0 Å². The predicted molar refractivity (Wildman–Crippen MR) is 136 cm³/mol. The van der Waals surface area contributed by atoms with Gasteiger partial charge in [0.1, 0.15) is 6.61 Å². The maximum absolute atomic E-state index is 13.8. The molecule has 1 heterocycles. The molecule has 0 fully saturated rings. The Labute approximate surface area is 214 Å². The summed E-state index contributed by atoms with van der Waals surface area (Å²) in [5.41, 5.74) is 2.70. The van der Waals surface area contributed by atoms with E-state index in [1.807, 2.05) is 25.1 Å². The first-order valence-corrected chi connectivity index (χ1v) is 12.8. The maximum atomic E-state index is 13.8. The van der Waals surface area contributed by atoms with Crippen LogP contribution in [0.5, 0.6) is 0 Å². The zero-order chi connectivity index (χ0) is 26.4. The van der Waals surface area contributed by atoms with Crippen LogP contribution in [0.3, 0.4) is 0 Å². The molecule has 3 aromatic carbocycles. The van der Waals surface area contributed by atoms with Gasteiger partial charge in [-0.1, -0.05) is 78.4 Å². The van der Waals surface area contributed by atoms with E-state index in [2.05, 4.69) is 15.5 Å². The third-order valence-corrected chi connectivity index (χ3v) is 6.88. The van der Waals surface area contributed by atoms with Gasteiger partial charge in [0, 0.05) is 6.92 Å². The van der Waals surface area contributed by atoms with Gasteiger partial charge in [0.15, 0.2) is 5.82 Å². The number of rotatable bonds is 8. The second-order valence-electron chi connectivity index (χ2n) is 8.20. The molecule has 190 valence electrons. The molecule has 0 radical (unpaired) electrons. The smallest absolute Gasteiger partial charge is 0.424 e. The highest BCUT2D eigenvalue weighted by Crippen LogP contribution is 2.25. The van der Waals surface area contributed by atoms with E-state index in [1.165, 1.54) is 6.92 Å². The fourth-order valence-corrected chi connectivity index (χ4v) is 4.69. The molecule has 0 saturated carbocycles. The Kier molecular flexibility index (Phi) is 7.63. The van der Waals surface area contributed by atoms with Crippen LogP contribution >= 0.6 is 0 Å². The van der Waals surface area contributed by atoms with Crippen LogP contribution in [0.15, 0.2) is 90.0 Å². The van der Waals surface area contributed by atoms with Crippen LogP contribution in [0.2, 0.25) is 0 Å². The number of aryl methyl sites for hydroxylation is 1. The number of hydrogen-bond acceptors (Lipinski definition) is 7. The lowest BCUT2D eigenvalue weighted by atomic mass is 10.2. The van der Waals surface area contributed by atoms with Gasteiger partial charge in [-0.15, -0.1) is 15.0 Å².